The Morgan fingerprint density at radius 2 is 2.12 bits per heavy atom. The molecule has 130 valence electrons. The molecule has 8 heteroatoms. The first-order chi connectivity index (χ1) is 11.4. The molecule has 2 aliphatic heterocycles. The van der Waals surface area contributed by atoms with Gasteiger partial charge < -0.3 is 20.1 Å². The van der Waals surface area contributed by atoms with Gasteiger partial charge in [0.25, 0.3) is 0 Å². The van der Waals surface area contributed by atoms with Crippen LogP contribution in [0.1, 0.15) is 24.3 Å². The number of hydrogen-bond donors (Lipinski definition) is 2. The highest BCUT2D eigenvalue weighted by Crippen LogP contribution is 2.43. The van der Waals surface area contributed by atoms with Crippen molar-refractivity contribution in [3.05, 3.63) is 27.7 Å². The number of methoxy groups -OCH3 is 1. The molecule has 2 N–H and O–H groups in total. The summed E-state index contributed by atoms with van der Waals surface area (Å²) in [5, 5.41) is 13.5. The van der Waals surface area contributed by atoms with Crippen LogP contribution in [0.4, 0.5) is 0 Å². The Labute approximate surface area is 149 Å². The Bertz CT molecular complexity index is 682. The van der Waals surface area contributed by atoms with Crippen molar-refractivity contribution in [2.45, 2.75) is 30.8 Å². The number of phenols is 1. The molecule has 0 unspecified atom stereocenters. The van der Waals surface area contributed by atoms with Gasteiger partial charge in [-0.1, -0.05) is 23.2 Å². The summed E-state index contributed by atoms with van der Waals surface area (Å²) in [6.07, 6.45) is 0.994. The normalized spacial score (nSPS) is 27.0. The maximum Gasteiger partial charge on any atom is 0.248 e. The van der Waals surface area contributed by atoms with E-state index in [1.165, 1.54) is 19.2 Å². The zero-order valence-corrected chi connectivity index (χ0v) is 14.6. The number of amides is 2. The summed E-state index contributed by atoms with van der Waals surface area (Å²) in [5.41, 5.74) is 0.545. The molecule has 0 radical (unpaired) electrons. The monoisotopic (exact) mass is 372 g/mol. The second-order valence-electron chi connectivity index (χ2n) is 6.08. The maximum atomic E-state index is 12.5. The van der Waals surface area contributed by atoms with Crippen molar-refractivity contribution in [2.24, 2.45) is 0 Å². The molecule has 0 aromatic heterocycles. The van der Waals surface area contributed by atoms with E-state index < -0.39 is 12.1 Å². The van der Waals surface area contributed by atoms with Gasteiger partial charge in [0.1, 0.15) is 17.8 Å². The summed E-state index contributed by atoms with van der Waals surface area (Å²) in [5.74, 6) is -0.432. The summed E-state index contributed by atoms with van der Waals surface area (Å²) in [4.78, 5) is 26.4. The number of rotatable bonds is 3. The van der Waals surface area contributed by atoms with Gasteiger partial charge in [-0.25, -0.2) is 0 Å². The van der Waals surface area contributed by atoms with E-state index in [2.05, 4.69) is 5.32 Å². The zero-order valence-electron chi connectivity index (χ0n) is 13.1. The summed E-state index contributed by atoms with van der Waals surface area (Å²) >= 11 is 12.3. The van der Waals surface area contributed by atoms with Gasteiger partial charge in [0.05, 0.1) is 16.7 Å². The average Bonchev–Trinajstić information content (AvgIpc) is 2.56. The van der Waals surface area contributed by atoms with E-state index in [0.29, 0.717) is 35.0 Å². The average molecular weight is 373 g/mol. The Morgan fingerprint density at radius 1 is 1.38 bits per heavy atom. The molecule has 2 aliphatic rings. The zero-order chi connectivity index (χ0) is 17.4. The maximum absolute atomic E-state index is 12.5. The number of aromatic hydroxyl groups is 1. The van der Waals surface area contributed by atoms with Crippen molar-refractivity contribution in [1.29, 1.82) is 0 Å². The van der Waals surface area contributed by atoms with E-state index in [4.69, 9.17) is 27.9 Å². The number of carbonyl (C=O) groups excluding carboxylic acids is 2. The second-order valence-corrected chi connectivity index (χ2v) is 6.86. The van der Waals surface area contributed by atoms with Crippen LogP contribution in [0.25, 0.3) is 0 Å². The molecule has 0 spiro atoms. The number of carbonyl (C=O) groups is 2. The van der Waals surface area contributed by atoms with Gasteiger partial charge in [-0.2, -0.15) is 0 Å². The van der Waals surface area contributed by atoms with Crippen molar-refractivity contribution in [3.8, 4) is 5.75 Å². The van der Waals surface area contributed by atoms with Crippen LogP contribution in [-0.4, -0.2) is 54.2 Å². The van der Waals surface area contributed by atoms with Crippen LogP contribution in [0.3, 0.4) is 0 Å². The van der Waals surface area contributed by atoms with Crippen LogP contribution < -0.4 is 5.32 Å². The molecule has 0 aliphatic carbocycles. The highest BCUT2D eigenvalue weighted by Gasteiger charge is 2.44. The minimum absolute atomic E-state index is 0.0580. The Morgan fingerprint density at radius 3 is 2.83 bits per heavy atom. The number of phenolic OH excluding ortho intramolecular Hbond substituents is 1. The van der Waals surface area contributed by atoms with Crippen molar-refractivity contribution in [3.63, 3.8) is 0 Å². The van der Waals surface area contributed by atoms with E-state index in [9.17, 15) is 14.7 Å². The van der Waals surface area contributed by atoms with Crippen LogP contribution in [0, 0.1) is 0 Å². The predicted molar refractivity (Wildman–Crippen MR) is 89.4 cm³/mol. The van der Waals surface area contributed by atoms with E-state index in [0.717, 1.165) is 0 Å². The summed E-state index contributed by atoms with van der Waals surface area (Å²) in [7, 11) is 1.49. The van der Waals surface area contributed by atoms with Crippen LogP contribution in [0.2, 0.25) is 10.0 Å². The third-order valence-corrected chi connectivity index (χ3v) is 5.47. The smallest absolute Gasteiger partial charge is 0.248 e. The van der Waals surface area contributed by atoms with Crippen molar-refractivity contribution < 1.29 is 19.4 Å². The molecule has 2 saturated heterocycles. The molecule has 24 heavy (non-hydrogen) atoms. The number of hydrogen-bond acceptors (Lipinski definition) is 4. The van der Waals surface area contributed by atoms with Gasteiger partial charge in [-0.3, -0.25) is 9.59 Å². The Balaban J connectivity index is 1.84. The van der Waals surface area contributed by atoms with Gasteiger partial charge in [0.15, 0.2) is 0 Å². The van der Waals surface area contributed by atoms with Crippen LogP contribution in [-0.2, 0) is 14.3 Å². The molecule has 6 nitrogen and oxygen atoms in total. The number of ether oxygens (including phenoxy) is 1. The molecular weight excluding hydrogens is 355 g/mol. The van der Waals surface area contributed by atoms with Gasteiger partial charge >= 0.3 is 0 Å². The fourth-order valence-electron chi connectivity index (χ4n) is 3.49. The fraction of sp³-hybridized carbons (Fsp3) is 0.500. The van der Waals surface area contributed by atoms with Crippen molar-refractivity contribution in [2.75, 3.05) is 20.3 Å². The number of fused-ring (bicyclic) bond motifs is 1. The van der Waals surface area contributed by atoms with Crippen LogP contribution in [0.5, 0.6) is 5.75 Å². The van der Waals surface area contributed by atoms with E-state index in [-0.39, 0.29) is 30.1 Å². The SMILES string of the molecule is COC[C@H]1NC(=O)[C@@H]2C[C@H](c3c(O)ccc(Cl)c3Cl)CCN2C1=O. The van der Waals surface area contributed by atoms with Crippen molar-refractivity contribution in [1.82, 2.24) is 10.2 Å². The molecule has 3 atom stereocenters. The number of nitrogens with zero attached hydrogens (tertiary/aromatic N) is 1. The number of nitrogens with one attached hydrogen (secondary N) is 1. The topological polar surface area (TPSA) is 78.9 Å². The Kier molecular flexibility index (Phi) is 4.90. The first-order valence-electron chi connectivity index (χ1n) is 7.70. The first-order valence-corrected chi connectivity index (χ1v) is 8.46. The Hall–Kier alpha value is -1.50. The minimum atomic E-state index is -0.640. The number of halogens is 2. The third-order valence-electron chi connectivity index (χ3n) is 4.65. The molecule has 0 bridgehead atoms. The number of benzene rings is 1. The molecule has 2 fully saturated rings. The highest BCUT2D eigenvalue weighted by atomic mass is 35.5. The molecule has 2 heterocycles. The number of piperazine rings is 1. The van der Waals surface area contributed by atoms with E-state index in [1.807, 2.05) is 0 Å². The lowest BCUT2D eigenvalue weighted by Crippen LogP contribution is -2.66. The lowest BCUT2D eigenvalue weighted by molar-refractivity contribution is -0.153. The summed E-state index contributed by atoms with van der Waals surface area (Å²) in [6.45, 7) is 0.572. The van der Waals surface area contributed by atoms with Crippen LogP contribution in [0.15, 0.2) is 12.1 Å². The molecule has 0 saturated carbocycles. The van der Waals surface area contributed by atoms with Crippen LogP contribution >= 0.6 is 23.2 Å². The van der Waals surface area contributed by atoms with E-state index >= 15 is 0 Å². The molecule has 2 amide bonds. The third kappa shape index (κ3) is 2.94. The standard InChI is InChI=1S/C16H18Cl2N2O4/c1-24-7-10-16(23)20-5-4-8(6-11(20)15(22)19-10)13-12(21)3-2-9(17)14(13)18/h2-3,8,10-11,21H,4-7H2,1H3,(H,19,22)/t8-,10-,11+/m1/s1. The fourth-order valence-corrected chi connectivity index (χ4v) is 3.97. The molecule has 1 aromatic rings. The molecular formula is C16H18Cl2N2O4. The highest BCUT2D eigenvalue weighted by molar-refractivity contribution is 6.42. The minimum Gasteiger partial charge on any atom is -0.508 e. The van der Waals surface area contributed by atoms with Crippen molar-refractivity contribution >= 4 is 35.0 Å². The van der Waals surface area contributed by atoms with Gasteiger partial charge in [0, 0.05) is 19.2 Å². The lowest BCUT2D eigenvalue weighted by Gasteiger charge is -2.44. The first kappa shape index (κ1) is 17.3. The second kappa shape index (κ2) is 6.78. The van der Waals surface area contributed by atoms with Gasteiger partial charge in [-0.05, 0) is 30.9 Å². The predicted octanol–water partition coefficient (Wildman–Crippen LogP) is 1.92. The molecule has 1 aromatic carbocycles. The molecule has 3 rings (SSSR count). The summed E-state index contributed by atoms with van der Waals surface area (Å²) in [6, 6.07) is 1.82. The quantitative estimate of drug-likeness (QED) is 0.849. The number of piperidine rings is 1. The van der Waals surface area contributed by atoms with Gasteiger partial charge in [0.2, 0.25) is 11.8 Å². The van der Waals surface area contributed by atoms with E-state index in [1.54, 1.807) is 4.90 Å². The van der Waals surface area contributed by atoms with Gasteiger partial charge in [-0.15, -0.1) is 0 Å². The largest absolute Gasteiger partial charge is 0.508 e. The lowest BCUT2D eigenvalue weighted by atomic mass is 9.83. The summed E-state index contributed by atoms with van der Waals surface area (Å²) < 4.78 is 4.99.